The van der Waals surface area contributed by atoms with Crippen molar-refractivity contribution in [1.29, 1.82) is 0 Å². The molecule has 12 heavy (non-hydrogen) atoms. The standard InChI is InChI=1S/C10H17NO/c1-2-7-12-8-9-5-3-4-6-10(9)11/h2,8,10H,1,3-7,11H2. The monoisotopic (exact) mass is 167 g/mol. The molecule has 1 aliphatic rings. The van der Waals surface area contributed by atoms with Gasteiger partial charge in [0.2, 0.25) is 0 Å². The fraction of sp³-hybridized carbons (Fsp3) is 0.600. The lowest BCUT2D eigenvalue weighted by atomic mass is 9.92. The van der Waals surface area contributed by atoms with Crippen LogP contribution >= 0.6 is 0 Å². The van der Waals surface area contributed by atoms with Gasteiger partial charge in [0, 0.05) is 6.04 Å². The first-order valence-electron chi connectivity index (χ1n) is 4.51. The Morgan fingerprint density at radius 3 is 3.08 bits per heavy atom. The van der Waals surface area contributed by atoms with Gasteiger partial charge < -0.3 is 10.5 Å². The quantitative estimate of drug-likeness (QED) is 0.396. The molecule has 2 N–H and O–H groups in total. The fourth-order valence-electron chi connectivity index (χ4n) is 1.43. The average molecular weight is 167 g/mol. The van der Waals surface area contributed by atoms with Crippen molar-refractivity contribution in [3.8, 4) is 0 Å². The first kappa shape index (κ1) is 9.33. The van der Waals surface area contributed by atoms with Crippen molar-refractivity contribution in [3.63, 3.8) is 0 Å². The summed E-state index contributed by atoms with van der Waals surface area (Å²) >= 11 is 0. The lowest BCUT2D eigenvalue weighted by Gasteiger charge is -2.20. The maximum Gasteiger partial charge on any atom is 0.105 e. The van der Waals surface area contributed by atoms with Gasteiger partial charge in [-0.1, -0.05) is 19.1 Å². The van der Waals surface area contributed by atoms with Crippen LogP contribution < -0.4 is 5.73 Å². The molecular formula is C10H17NO. The zero-order chi connectivity index (χ0) is 8.81. The molecule has 2 heteroatoms. The van der Waals surface area contributed by atoms with Crippen LogP contribution in [0.1, 0.15) is 25.7 Å². The molecule has 0 saturated heterocycles. The molecule has 68 valence electrons. The molecule has 1 aliphatic carbocycles. The van der Waals surface area contributed by atoms with Crippen LogP contribution in [0.4, 0.5) is 0 Å². The third kappa shape index (κ3) is 2.70. The van der Waals surface area contributed by atoms with Gasteiger partial charge in [-0.25, -0.2) is 0 Å². The molecule has 1 rings (SSSR count). The van der Waals surface area contributed by atoms with Crippen LogP contribution in [0.25, 0.3) is 0 Å². The van der Waals surface area contributed by atoms with Crippen molar-refractivity contribution in [1.82, 2.24) is 0 Å². The first-order chi connectivity index (χ1) is 5.84. The second-order valence-electron chi connectivity index (χ2n) is 3.17. The Morgan fingerprint density at radius 2 is 2.42 bits per heavy atom. The van der Waals surface area contributed by atoms with E-state index < -0.39 is 0 Å². The van der Waals surface area contributed by atoms with E-state index in [1.807, 2.05) is 6.26 Å². The Bertz CT molecular complexity index is 175. The predicted octanol–water partition coefficient (Wildman–Crippen LogP) is 1.97. The van der Waals surface area contributed by atoms with Crippen LogP contribution in [0.2, 0.25) is 0 Å². The van der Waals surface area contributed by atoms with E-state index in [0.29, 0.717) is 6.61 Å². The van der Waals surface area contributed by atoms with Crippen molar-refractivity contribution in [3.05, 3.63) is 24.5 Å². The SMILES string of the molecule is C=CCOC=C1CCCCC1N. The summed E-state index contributed by atoms with van der Waals surface area (Å²) in [5, 5.41) is 0. The topological polar surface area (TPSA) is 35.2 Å². The Labute approximate surface area is 74.1 Å². The third-order valence-electron chi connectivity index (χ3n) is 2.16. The molecule has 0 amide bonds. The van der Waals surface area contributed by atoms with E-state index in [-0.39, 0.29) is 6.04 Å². The molecule has 1 atom stereocenters. The fourth-order valence-corrected chi connectivity index (χ4v) is 1.43. The number of ether oxygens (including phenoxy) is 1. The van der Waals surface area contributed by atoms with E-state index in [0.717, 1.165) is 12.8 Å². The van der Waals surface area contributed by atoms with Gasteiger partial charge in [0.25, 0.3) is 0 Å². The van der Waals surface area contributed by atoms with Crippen molar-refractivity contribution in [2.75, 3.05) is 6.61 Å². The first-order valence-corrected chi connectivity index (χ1v) is 4.51. The maximum absolute atomic E-state index is 5.89. The zero-order valence-corrected chi connectivity index (χ0v) is 7.46. The Kier molecular flexibility index (Phi) is 3.88. The molecule has 0 spiro atoms. The summed E-state index contributed by atoms with van der Waals surface area (Å²) < 4.78 is 5.23. The normalized spacial score (nSPS) is 27.1. The van der Waals surface area contributed by atoms with Crippen LogP contribution in [-0.2, 0) is 4.74 Å². The summed E-state index contributed by atoms with van der Waals surface area (Å²) in [5.74, 6) is 0. The molecule has 0 aliphatic heterocycles. The highest BCUT2D eigenvalue weighted by Crippen LogP contribution is 2.21. The number of nitrogens with two attached hydrogens (primary N) is 1. The molecule has 0 bridgehead atoms. The molecule has 0 radical (unpaired) electrons. The summed E-state index contributed by atoms with van der Waals surface area (Å²) in [6, 6.07) is 0.226. The van der Waals surface area contributed by atoms with E-state index in [9.17, 15) is 0 Å². The molecule has 0 aromatic carbocycles. The van der Waals surface area contributed by atoms with Crippen LogP contribution in [0.5, 0.6) is 0 Å². The van der Waals surface area contributed by atoms with Gasteiger partial charge in [0.15, 0.2) is 0 Å². The van der Waals surface area contributed by atoms with Gasteiger partial charge in [0.05, 0.1) is 6.26 Å². The lowest BCUT2D eigenvalue weighted by molar-refractivity contribution is 0.280. The van der Waals surface area contributed by atoms with E-state index >= 15 is 0 Å². The number of hydrogen-bond donors (Lipinski definition) is 1. The highest BCUT2D eigenvalue weighted by Gasteiger charge is 2.14. The van der Waals surface area contributed by atoms with Crippen molar-refractivity contribution in [2.45, 2.75) is 31.7 Å². The van der Waals surface area contributed by atoms with Crippen LogP contribution in [0.15, 0.2) is 24.5 Å². The number of hydrogen-bond acceptors (Lipinski definition) is 2. The minimum Gasteiger partial charge on any atom is -0.497 e. The van der Waals surface area contributed by atoms with E-state index in [4.69, 9.17) is 10.5 Å². The Morgan fingerprint density at radius 1 is 1.58 bits per heavy atom. The van der Waals surface area contributed by atoms with Gasteiger partial charge in [-0.05, 0) is 24.8 Å². The largest absolute Gasteiger partial charge is 0.497 e. The van der Waals surface area contributed by atoms with Crippen molar-refractivity contribution < 1.29 is 4.74 Å². The Hall–Kier alpha value is -0.760. The van der Waals surface area contributed by atoms with E-state index in [1.54, 1.807) is 6.08 Å². The second-order valence-corrected chi connectivity index (χ2v) is 3.17. The average Bonchev–Trinajstić information content (AvgIpc) is 2.09. The van der Waals surface area contributed by atoms with Gasteiger partial charge in [-0.3, -0.25) is 0 Å². The summed E-state index contributed by atoms with van der Waals surface area (Å²) in [5.41, 5.74) is 7.14. The van der Waals surface area contributed by atoms with Gasteiger partial charge in [-0.2, -0.15) is 0 Å². The number of rotatable bonds is 3. The van der Waals surface area contributed by atoms with Gasteiger partial charge in [0.1, 0.15) is 6.61 Å². The summed E-state index contributed by atoms with van der Waals surface area (Å²) in [6.45, 7) is 4.16. The zero-order valence-electron chi connectivity index (χ0n) is 7.46. The summed E-state index contributed by atoms with van der Waals surface area (Å²) in [4.78, 5) is 0. The minimum absolute atomic E-state index is 0.226. The third-order valence-corrected chi connectivity index (χ3v) is 2.16. The molecule has 2 nitrogen and oxygen atoms in total. The maximum atomic E-state index is 5.89. The molecule has 1 fully saturated rings. The highest BCUT2D eigenvalue weighted by atomic mass is 16.5. The highest BCUT2D eigenvalue weighted by molar-refractivity contribution is 5.09. The predicted molar refractivity (Wildman–Crippen MR) is 50.7 cm³/mol. The summed E-state index contributed by atoms with van der Waals surface area (Å²) in [6.07, 6.45) is 8.25. The van der Waals surface area contributed by atoms with Crippen molar-refractivity contribution >= 4 is 0 Å². The van der Waals surface area contributed by atoms with Crippen molar-refractivity contribution in [2.24, 2.45) is 5.73 Å². The molecule has 0 aromatic rings. The van der Waals surface area contributed by atoms with E-state index in [2.05, 4.69) is 6.58 Å². The molecule has 0 aromatic heterocycles. The van der Waals surface area contributed by atoms with Crippen LogP contribution in [-0.4, -0.2) is 12.6 Å². The van der Waals surface area contributed by atoms with Crippen LogP contribution in [0, 0.1) is 0 Å². The van der Waals surface area contributed by atoms with Gasteiger partial charge >= 0.3 is 0 Å². The van der Waals surface area contributed by atoms with Gasteiger partial charge in [-0.15, -0.1) is 0 Å². The smallest absolute Gasteiger partial charge is 0.105 e. The second kappa shape index (κ2) is 4.99. The minimum atomic E-state index is 0.226. The lowest BCUT2D eigenvalue weighted by Crippen LogP contribution is -2.25. The molecule has 1 unspecified atom stereocenters. The Balaban J connectivity index is 2.36. The molecule has 0 heterocycles. The van der Waals surface area contributed by atoms with E-state index in [1.165, 1.54) is 18.4 Å². The molecule has 1 saturated carbocycles. The van der Waals surface area contributed by atoms with Crippen LogP contribution in [0.3, 0.4) is 0 Å². The molecular weight excluding hydrogens is 150 g/mol. The summed E-state index contributed by atoms with van der Waals surface area (Å²) in [7, 11) is 0.